The second kappa shape index (κ2) is 8.79. The van der Waals surface area contributed by atoms with Gasteiger partial charge >= 0.3 is 0 Å². The third-order valence-electron chi connectivity index (χ3n) is 3.38. The highest BCUT2D eigenvalue weighted by molar-refractivity contribution is 7.99. The molecule has 29 heavy (non-hydrogen) atoms. The first-order valence-electron chi connectivity index (χ1n) is 8.01. The number of H-pyrrole nitrogens is 1. The van der Waals surface area contributed by atoms with Crippen LogP contribution in [0.15, 0.2) is 34.2 Å². The minimum Gasteiger partial charge on any atom is -0.382 e. The van der Waals surface area contributed by atoms with Crippen LogP contribution in [0.2, 0.25) is 0 Å². The average molecular weight is 435 g/mol. The van der Waals surface area contributed by atoms with E-state index in [0.717, 1.165) is 23.9 Å². The Balaban J connectivity index is 1.64. The molecule has 2 amide bonds. The highest BCUT2D eigenvalue weighted by Gasteiger charge is 2.15. The standard InChI is InChI=1S/C16H14FN7O3S2/c1-7-23-24-16(29-7)19-10(25)6-28-15-21-12(18)11(14(27)22-15)20-13(26)8-2-4-9(17)5-3-8/h2-5H,6H2,1H3,(H,20,26)(H,19,24,25)(H3,18,21,22,27). The molecule has 10 nitrogen and oxygen atoms in total. The van der Waals surface area contributed by atoms with Gasteiger partial charge in [0.2, 0.25) is 11.0 Å². The maximum Gasteiger partial charge on any atom is 0.277 e. The molecule has 0 atom stereocenters. The van der Waals surface area contributed by atoms with Crippen molar-refractivity contribution < 1.29 is 14.0 Å². The van der Waals surface area contributed by atoms with Gasteiger partial charge in [0, 0.05) is 5.56 Å². The van der Waals surface area contributed by atoms with E-state index in [1.165, 1.54) is 23.5 Å². The molecule has 0 saturated heterocycles. The number of aromatic amines is 1. The number of amides is 2. The van der Waals surface area contributed by atoms with Gasteiger partial charge in [-0.3, -0.25) is 24.7 Å². The summed E-state index contributed by atoms with van der Waals surface area (Å²) in [5, 5.41) is 13.7. The minimum atomic E-state index is -0.685. The Labute approximate surface area is 171 Å². The van der Waals surface area contributed by atoms with E-state index in [2.05, 4.69) is 30.8 Å². The van der Waals surface area contributed by atoms with Crippen molar-refractivity contribution in [2.45, 2.75) is 12.1 Å². The Morgan fingerprint density at radius 2 is 1.97 bits per heavy atom. The molecule has 0 radical (unpaired) electrons. The van der Waals surface area contributed by atoms with Crippen molar-refractivity contribution in [2.24, 2.45) is 0 Å². The third-order valence-corrected chi connectivity index (χ3v) is 5.01. The molecule has 0 spiro atoms. The maximum absolute atomic E-state index is 12.9. The van der Waals surface area contributed by atoms with E-state index in [9.17, 15) is 18.8 Å². The molecule has 0 unspecified atom stereocenters. The van der Waals surface area contributed by atoms with Gasteiger partial charge in [0.15, 0.2) is 11.0 Å². The second-order valence-electron chi connectivity index (χ2n) is 5.56. The van der Waals surface area contributed by atoms with E-state index < -0.39 is 17.3 Å². The normalized spacial score (nSPS) is 10.6. The molecule has 0 aliphatic heterocycles. The first kappa shape index (κ1) is 20.4. The summed E-state index contributed by atoms with van der Waals surface area (Å²) in [5.74, 6) is -1.77. The van der Waals surface area contributed by atoms with Gasteiger partial charge in [0.25, 0.3) is 11.5 Å². The Kier molecular flexibility index (Phi) is 6.19. The number of nitrogen functional groups attached to an aromatic ring is 1. The number of nitrogens with zero attached hydrogens (tertiary/aromatic N) is 3. The van der Waals surface area contributed by atoms with Crippen LogP contribution in [0.3, 0.4) is 0 Å². The Morgan fingerprint density at radius 1 is 1.24 bits per heavy atom. The van der Waals surface area contributed by atoms with Gasteiger partial charge in [-0.1, -0.05) is 23.1 Å². The van der Waals surface area contributed by atoms with Gasteiger partial charge < -0.3 is 11.1 Å². The zero-order chi connectivity index (χ0) is 21.0. The molecule has 2 aromatic heterocycles. The highest BCUT2D eigenvalue weighted by Crippen LogP contribution is 2.19. The van der Waals surface area contributed by atoms with Crippen molar-refractivity contribution in [1.29, 1.82) is 0 Å². The molecule has 3 aromatic rings. The summed E-state index contributed by atoms with van der Waals surface area (Å²) in [6.45, 7) is 1.76. The molecule has 3 rings (SSSR count). The Hall–Kier alpha value is -3.32. The van der Waals surface area contributed by atoms with Crippen LogP contribution in [0.4, 0.5) is 21.0 Å². The summed E-state index contributed by atoms with van der Waals surface area (Å²) in [6.07, 6.45) is 0. The summed E-state index contributed by atoms with van der Waals surface area (Å²) in [6, 6.07) is 4.78. The fraction of sp³-hybridized carbons (Fsp3) is 0.125. The van der Waals surface area contributed by atoms with Crippen LogP contribution in [0.5, 0.6) is 0 Å². The number of carbonyl (C=O) groups is 2. The number of thioether (sulfide) groups is 1. The lowest BCUT2D eigenvalue weighted by atomic mass is 10.2. The molecule has 0 bridgehead atoms. The van der Waals surface area contributed by atoms with Crippen LogP contribution in [-0.4, -0.2) is 37.7 Å². The number of aromatic nitrogens is 4. The molecule has 150 valence electrons. The molecule has 13 heteroatoms. The predicted molar refractivity (Wildman–Crippen MR) is 108 cm³/mol. The van der Waals surface area contributed by atoms with Gasteiger partial charge in [0.1, 0.15) is 16.5 Å². The molecule has 0 saturated carbocycles. The van der Waals surface area contributed by atoms with Gasteiger partial charge in [-0.05, 0) is 31.2 Å². The number of anilines is 3. The van der Waals surface area contributed by atoms with Crippen LogP contribution < -0.4 is 21.9 Å². The zero-order valence-electron chi connectivity index (χ0n) is 14.9. The SMILES string of the molecule is Cc1nnc(NC(=O)CSc2nc(N)c(NC(=O)c3ccc(F)cc3)c(=O)[nH]2)s1. The fourth-order valence-electron chi connectivity index (χ4n) is 2.08. The number of nitrogens with two attached hydrogens (primary N) is 1. The molecular formula is C16H14FN7O3S2. The van der Waals surface area contributed by atoms with Crippen molar-refractivity contribution in [3.63, 3.8) is 0 Å². The van der Waals surface area contributed by atoms with E-state index in [1.54, 1.807) is 6.92 Å². The lowest BCUT2D eigenvalue weighted by Gasteiger charge is -2.08. The van der Waals surface area contributed by atoms with Gasteiger partial charge in [-0.15, -0.1) is 10.2 Å². The van der Waals surface area contributed by atoms with Crippen molar-refractivity contribution in [2.75, 3.05) is 22.1 Å². The quantitative estimate of drug-likeness (QED) is 0.336. The summed E-state index contributed by atoms with van der Waals surface area (Å²) >= 11 is 2.18. The van der Waals surface area contributed by atoms with Gasteiger partial charge in [-0.25, -0.2) is 9.37 Å². The minimum absolute atomic E-state index is 0.0533. The number of hydrogen-bond acceptors (Lipinski definition) is 9. The Bertz CT molecular complexity index is 1110. The van der Waals surface area contributed by atoms with Crippen molar-refractivity contribution in [1.82, 2.24) is 20.2 Å². The maximum atomic E-state index is 12.9. The lowest BCUT2D eigenvalue weighted by molar-refractivity contribution is -0.113. The number of carbonyl (C=O) groups excluding carboxylic acids is 2. The van der Waals surface area contributed by atoms with E-state index in [4.69, 9.17) is 5.73 Å². The summed E-state index contributed by atoms with van der Waals surface area (Å²) < 4.78 is 12.9. The van der Waals surface area contributed by atoms with E-state index in [1.807, 2.05) is 0 Å². The van der Waals surface area contributed by atoms with Gasteiger partial charge in [0.05, 0.1) is 5.75 Å². The number of rotatable bonds is 6. The molecule has 0 aliphatic carbocycles. The predicted octanol–water partition coefficient (Wildman–Crippen LogP) is 1.63. The van der Waals surface area contributed by atoms with Crippen molar-refractivity contribution >= 4 is 51.5 Å². The largest absolute Gasteiger partial charge is 0.382 e. The molecular weight excluding hydrogens is 421 g/mol. The number of nitrogens with one attached hydrogen (secondary N) is 3. The highest BCUT2D eigenvalue weighted by atomic mass is 32.2. The molecule has 0 fully saturated rings. The van der Waals surface area contributed by atoms with Crippen LogP contribution in [0, 0.1) is 12.7 Å². The molecule has 5 N–H and O–H groups in total. The van der Waals surface area contributed by atoms with E-state index >= 15 is 0 Å². The van der Waals surface area contributed by atoms with Crippen LogP contribution in [0.1, 0.15) is 15.4 Å². The first-order valence-corrected chi connectivity index (χ1v) is 9.81. The van der Waals surface area contributed by atoms with E-state index in [-0.39, 0.29) is 33.9 Å². The number of benzene rings is 1. The van der Waals surface area contributed by atoms with Crippen LogP contribution >= 0.6 is 23.1 Å². The number of aryl methyl sites for hydroxylation is 1. The molecule has 1 aromatic carbocycles. The summed E-state index contributed by atoms with van der Waals surface area (Å²) in [7, 11) is 0. The zero-order valence-corrected chi connectivity index (χ0v) is 16.5. The molecule has 2 heterocycles. The van der Waals surface area contributed by atoms with Crippen molar-refractivity contribution in [3.05, 3.63) is 51.0 Å². The van der Waals surface area contributed by atoms with Crippen LogP contribution in [-0.2, 0) is 4.79 Å². The third kappa shape index (κ3) is 5.36. The Morgan fingerprint density at radius 3 is 2.59 bits per heavy atom. The number of hydrogen-bond donors (Lipinski definition) is 4. The van der Waals surface area contributed by atoms with E-state index in [0.29, 0.717) is 10.1 Å². The topological polar surface area (TPSA) is 156 Å². The number of halogens is 1. The monoisotopic (exact) mass is 435 g/mol. The second-order valence-corrected chi connectivity index (χ2v) is 7.70. The molecule has 0 aliphatic rings. The van der Waals surface area contributed by atoms with Crippen molar-refractivity contribution in [3.8, 4) is 0 Å². The average Bonchev–Trinajstić information content (AvgIpc) is 3.08. The summed E-state index contributed by atoms with van der Waals surface area (Å²) in [4.78, 5) is 42.8. The van der Waals surface area contributed by atoms with Crippen LogP contribution in [0.25, 0.3) is 0 Å². The fourth-order valence-corrected chi connectivity index (χ4v) is 3.36. The first-order chi connectivity index (χ1) is 13.8. The smallest absolute Gasteiger partial charge is 0.277 e. The van der Waals surface area contributed by atoms with Gasteiger partial charge in [-0.2, -0.15) is 0 Å². The summed E-state index contributed by atoms with van der Waals surface area (Å²) in [5.41, 5.74) is 4.99. The lowest BCUT2D eigenvalue weighted by Crippen LogP contribution is -2.23.